The van der Waals surface area contributed by atoms with Crippen molar-refractivity contribution in [2.75, 3.05) is 18.0 Å². The lowest BCUT2D eigenvalue weighted by Gasteiger charge is -2.38. The zero-order valence-corrected chi connectivity index (χ0v) is 10.1. The van der Waals surface area contributed by atoms with E-state index in [9.17, 15) is 0 Å². The van der Waals surface area contributed by atoms with Gasteiger partial charge in [0.05, 0.1) is 16.7 Å². The molecule has 6 heteroatoms. The van der Waals surface area contributed by atoms with Gasteiger partial charge < -0.3 is 4.90 Å². The van der Waals surface area contributed by atoms with Crippen LogP contribution in [0, 0.1) is 0 Å². The Morgan fingerprint density at radius 2 is 2.00 bits per heavy atom. The minimum atomic E-state index is 0.426. The molecule has 3 rings (SSSR count). The third-order valence-electron chi connectivity index (χ3n) is 2.64. The first-order valence-electron chi connectivity index (χ1n) is 5.04. The molecule has 0 saturated carbocycles. The quantitative estimate of drug-likeness (QED) is 0.836. The molecule has 0 amide bonds. The fraction of sp³-hybridized carbons (Fsp3) is 0.300. The van der Waals surface area contributed by atoms with Crippen molar-refractivity contribution in [1.29, 1.82) is 0 Å². The summed E-state index contributed by atoms with van der Waals surface area (Å²) in [4.78, 5) is 10.6. The van der Waals surface area contributed by atoms with E-state index in [0.717, 1.165) is 23.5 Å². The van der Waals surface area contributed by atoms with Crippen LogP contribution in [-0.2, 0) is 0 Å². The molecule has 0 N–H and O–H groups in total. The number of aromatic nitrogens is 4. The molecule has 0 bridgehead atoms. The fourth-order valence-corrected chi connectivity index (χ4v) is 2.06. The standard InChI is InChI=1S/C10H10BrN5/c11-8-4-14-16(5-8)9-6-15(7-9)10-12-2-1-3-13-10/h1-5,9H,6-7H2. The molecule has 0 radical (unpaired) electrons. The number of hydrogen-bond donors (Lipinski definition) is 0. The first-order valence-corrected chi connectivity index (χ1v) is 5.84. The summed E-state index contributed by atoms with van der Waals surface area (Å²) in [6, 6.07) is 2.25. The minimum Gasteiger partial charge on any atom is -0.336 e. The van der Waals surface area contributed by atoms with Crippen molar-refractivity contribution in [1.82, 2.24) is 19.7 Å². The summed E-state index contributed by atoms with van der Waals surface area (Å²) in [6.45, 7) is 1.83. The second-order valence-corrected chi connectivity index (χ2v) is 4.66. The highest BCUT2D eigenvalue weighted by molar-refractivity contribution is 9.10. The van der Waals surface area contributed by atoms with Gasteiger partial charge in [0.25, 0.3) is 0 Å². The molecule has 0 atom stereocenters. The van der Waals surface area contributed by atoms with Gasteiger partial charge in [0, 0.05) is 31.7 Å². The summed E-state index contributed by atoms with van der Waals surface area (Å²) in [6.07, 6.45) is 7.33. The van der Waals surface area contributed by atoms with Gasteiger partial charge in [-0.3, -0.25) is 4.68 Å². The third-order valence-corrected chi connectivity index (χ3v) is 3.05. The van der Waals surface area contributed by atoms with E-state index in [1.54, 1.807) is 12.4 Å². The zero-order valence-electron chi connectivity index (χ0n) is 8.49. The molecule has 1 fully saturated rings. The molecule has 0 unspecified atom stereocenters. The van der Waals surface area contributed by atoms with Gasteiger partial charge in [-0.15, -0.1) is 0 Å². The Kier molecular flexibility index (Phi) is 2.36. The molecule has 0 spiro atoms. The lowest BCUT2D eigenvalue weighted by atomic mass is 10.1. The second kappa shape index (κ2) is 3.86. The molecule has 2 aromatic rings. The monoisotopic (exact) mass is 279 g/mol. The maximum Gasteiger partial charge on any atom is 0.225 e. The van der Waals surface area contributed by atoms with Crippen LogP contribution in [0.1, 0.15) is 6.04 Å². The molecule has 0 aliphatic carbocycles. The lowest BCUT2D eigenvalue weighted by Crippen LogP contribution is -2.48. The van der Waals surface area contributed by atoms with E-state index >= 15 is 0 Å². The maximum atomic E-state index is 4.27. The Hall–Kier alpha value is -1.43. The maximum absolute atomic E-state index is 4.27. The highest BCUT2D eigenvalue weighted by atomic mass is 79.9. The van der Waals surface area contributed by atoms with E-state index in [-0.39, 0.29) is 0 Å². The Bertz CT molecular complexity index is 477. The smallest absolute Gasteiger partial charge is 0.225 e. The van der Waals surface area contributed by atoms with Crippen LogP contribution in [0.4, 0.5) is 5.95 Å². The van der Waals surface area contributed by atoms with E-state index in [1.165, 1.54) is 0 Å². The van der Waals surface area contributed by atoms with E-state index < -0.39 is 0 Å². The summed E-state index contributed by atoms with van der Waals surface area (Å²) in [5.74, 6) is 0.796. The normalized spacial score (nSPS) is 16.2. The predicted octanol–water partition coefficient (Wildman–Crippen LogP) is 1.50. The van der Waals surface area contributed by atoms with Gasteiger partial charge in [0.15, 0.2) is 0 Å². The Morgan fingerprint density at radius 1 is 1.25 bits per heavy atom. The highest BCUT2D eigenvalue weighted by Crippen LogP contribution is 2.24. The van der Waals surface area contributed by atoms with E-state index in [0.29, 0.717) is 6.04 Å². The second-order valence-electron chi connectivity index (χ2n) is 3.75. The van der Waals surface area contributed by atoms with Crippen LogP contribution in [0.3, 0.4) is 0 Å². The SMILES string of the molecule is Brc1cnn(C2CN(c3ncccn3)C2)c1. The van der Waals surface area contributed by atoms with Crippen LogP contribution in [0.5, 0.6) is 0 Å². The minimum absolute atomic E-state index is 0.426. The van der Waals surface area contributed by atoms with Crippen molar-refractivity contribution in [3.8, 4) is 0 Å². The Morgan fingerprint density at radius 3 is 2.62 bits per heavy atom. The van der Waals surface area contributed by atoms with Crippen molar-refractivity contribution < 1.29 is 0 Å². The zero-order chi connectivity index (χ0) is 11.0. The molecule has 3 heterocycles. The summed E-state index contributed by atoms with van der Waals surface area (Å²) in [5.41, 5.74) is 0. The van der Waals surface area contributed by atoms with Crippen LogP contribution in [0.25, 0.3) is 0 Å². The van der Waals surface area contributed by atoms with Crippen molar-refractivity contribution in [2.24, 2.45) is 0 Å². The van der Waals surface area contributed by atoms with Gasteiger partial charge in [0.1, 0.15) is 0 Å². The summed E-state index contributed by atoms with van der Waals surface area (Å²) >= 11 is 3.39. The number of hydrogen-bond acceptors (Lipinski definition) is 4. The van der Waals surface area contributed by atoms with E-state index in [1.807, 2.05) is 23.1 Å². The number of anilines is 1. The molecule has 16 heavy (non-hydrogen) atoms. The highest BCUT2D eigenvalue weighted by Gasteiger charge is 2.30. The molecule has 1 aliphatic heterocycles. The third kappa shape index (κ3) is 1.69. The van der Waals surface area contributed by atoms with Gasteiger partial charge in [-0.1, -0.05) is 0 Å². The first kappa shape index (κ1) is 9.77. The Balaban J connectivity index is 1.67. The van der Waals surface area contributed by atoms with Crippen LogP contribution < -0.4 is 4.90 Å². The van der Waals surface area contributed by atoms with Gasteiger partial charge in [-0.25, -0.2) is 9.97 Å². The lowest BCUT2D eigenvalue weighted by molar-refractivity contribution is 0.363. The number of nitrogens with zero attached hydrogens (tertiary/aromatic N) is 5. The van der Waals surface area contributed by atoms with Gasteiger partial charge in [-0.05, 0) is 22.0 Å². The largest absolute Gasteiger partial charge is 0.336 e. The van der Waals surface area contributed by atoms with Crippen molar-refractivity contribution in [3.05, 3.63) is 35.3 Å². The average molecular weight is 280 g/mol. The molecule has 5 nitrogen and oxygen atoms in total. The Labute approximate surface area is 101 Å². The molecule has 1 aliphatic rings. The topological polar surface area (TPSA) is 46.8 Å². The summed E-state index contributed by atoms with van der Waals surface area (Å²) in [5, 5.41) is 4.27. The van der Waals surface area contributed by atoms with Crippen molar-refractivity contribution in [2.45, 2.75) is 6.04 Å². The molecular weight excluding hydrogens is 270 g/mol. The van der Waals surface area contributed by atoms with Crippen LogP contribution in [0.2, 0.25) is 0 Å². The van der Waals surface area contributed by atoms with Crippen LogP contribution in [0.15, 0.2) is 35.3 Å². The molecule has 0 aromatic carbocycles. The van der Waals surface area contributed by atoms with Crippen LogP contribution in [-0.4, -0.2) is 32.8 Å². The van der Waals surface area contributed by atoms with Gasteiger partial charge in [0.2, 0.25) is 5.95 Å². The van der Waals surface area contributed by atoms with Crippen LogP contribution >= 0.6 is 15.9 Å². The van der Waals surface area contributed by atoms with Crippen molar-refractivity contribution >= 4 is 21.9 Å². The summed E-state index contributed by atoms with van der Waals surface area (Å²) in [7, 11) is 0. The van der Waals surface area contributed by atoms with E-state index in [4.69, 9.17) is 0 Å². The molecule has 2 aromatic heterocycles. The first-order chi connectivity index (χ1) is 7.83. The molecule has 82 valence electrons. The average Bonchev–Trinajstić information content (AvgIpc) is 2.64. The number of rotatable bonds is 2. The van der Waals surface area contributed by atoms with Gasteiger partial charge in [-0.2, -0.15) is 5.10 Å². The van der Waals surface area contributed by atoms with Gasteiger partial charge >= 0.3 is 0 Å². The number of halogens is 1. The van der Waals surface area contributed by atoms with E-state index in [2.05, 4.69) is 35.9 Å². The predicted molar refractivity (Wildman–Crippen MR) is 63.2 cm³/mol. The summed E-state index contributed by atoms with van der Waals surface area (Å²) < 4.78 is 2.99. The molecule has 1 saturated heterocycles. The van der Waals surface area contributed by atoms with Crippen molar-refractivity contribution in [3.63, 3.8) is 0 Å². The fourth-order valence-electron chi connectivity index (χ4n) is 1.75. The molecular formula is C10H10BrN5.